The highest BCUT2D eigenvalue weighted by atomic mass is 79.9. The number of benzene rings is 1. The van der Waals surface area contributed by atoms with Crippen LogP contribution in [0.3, 0.4) is 0 Å². The van der Waals surface area contributed by atoms with Gasteiger partial charge in [-0.3, -0.25) is 14.4 Å². The maximum absolute atomic E-state index is 13.0. The lowest BCUT2D eigenvalue weighted by molar-refractivity contribution is -0.139. The van der Waals surface area contributed by atoms with E-state index in [0.29, 0.717) is 23.9 Å². The van der Waals surface area contributed by atoms with Gasteiger partial charge < -0.3 is 26.0 Å². The summed E-state index contributed by atoms with van der Waals surface area (Å²) in [6.07, 6.45) is 0.414. The molecule has 29 heavy (non-hydrogen) atoms. The number of nitrogens with two attached hydrogens (primary N) is 1. The molecule has 1 heterocycles. The van der Waals surface area contributed by atoms with Crippen LogP contribution in [-0.2, 0) is 14.3 Å². The smallest absolute Gasteiger partial charge is 0.407 e. The molecule has 1 aromatic rings. The van der Waals surface area contributed by atoms with E-state index in [1.807, 2.05) is 0 Å². The van der Waals surface area contributed by atoms with Gasteiger partial charge in [0.15, 0.2) is 0 Å². The molecule has 1 aliphatic rings. The number of methoxy groups -OCH3 is 1. The third kappa shape index (κ3) is 5.47. The Morgan fingerprint density at radius 2 is 1.97 bits per heavy atom. The summed E-state index contributed by atoms with van der Waals surface area (Å²) < 4.78 is 5.24. The van der Waals surface area contributed by atoms with Crippen molar-refractivity contribution in [2.45, 2.75) is 38.8 Å². The number of halogens is 1. The van der Waals surface area contributed by atoms with Gasteiger partial charge in [0.25, 0.3) is 5.91 Å². The molecular weight excluding hydrogens is 444 g/mol. The Bertz CT molecular complexity index is 814. The number of hydrogen-bond donors (Lipinski definition) is 3. The second kappa shape index (κ2) is 9.73. The van der Waals surface area contributed by atoms with Crippen molar-refractivity contribution in [3.05, 3.63) is 28.2 Å². The number of nitrogens with one attached hydrogen (secondary N) is 2. The molecule has 0 radical (unpaired) electrons. The van der Waals surface area contributed by atoms with Gasteiger partial charge in [0, 0.05) is 11.0 Å². The number of anilines is 1. The van der Waals surface area contributed by atoms with E-state index in [-0.39, 0.29) is 23.1 Å². The zero-order valence-corrected chi connectivity index (χ0v) is 18.1. The topological polar surface area (TPSA) is 131 Å². The maximum atomic E-state index is 13.0. The zero-order chi connectivity index (χ0) is 21.7. The molecule has 2 rings (SSSR count). The van der Waals surface area contributed by atoms with E-state index in [9.17, 15) is 19.2 Å². The third-order valence-electron chi connectivity index (χ3n) is 4.73. The summed E-state index contributed by atoms with van der Waals surface area (Å²) in [4.78, 5) is 50.6. The van der Waals surface area contributed by atoms with E-state index in [4.69, 9.17) is 5.73 Å². The van der Waals surface area contributed by atoms with Crippen LogP contribution in [0.4, 0.5) is 10.5 Å². The molecule has 10 heteroatoms. The quantitative estimate of drug-likeness (QED) is 0.586. The molecule has 4 N–H and O–H groups in total. The lowest BCUT2D eigenvalue weighted by atomic mass is 10.0. The summed E-state index contributed by atoms with van der Waals surface area (Å²) in [5.41, 5.74) is 5.83. The third-order valence-corrected chi connectivity index (χ3v) is 5.23. The van der Waals surface area contributed by atoms with Crippen molar-refractivity contribution in [1.82, 2.24) is 10.2 Å². The van der Waals surface area contributed by atoms with Crippen molar-refractivity contribution < 1.29 is 23.9 Å². The van der Waals surface area contributed by atoms with E-state index < -0.39 is 30.0 Å². The number of likely N-dealkylation sites (tertiary alicyclic amines) is 1. The Hall–Kier alpha value is -2.62. The lowest BCUT2D eigenvalue weighted by Gasteiger charge is -2.30. The highest BCUT2D eigenvalue weighted by Gasteiger charge is 2.39. The van der Waals surface area contributed by atoms with Crippen LogP contribution in [0.1, 0.15) is 37.0 Å². The molecule has 0 aromatic heterocycles. The van der Waals surface area contributed by atoms with Crippen molar-refractivity contribution in [2.24, 2.45) is 11.7 Å². The summed E-state index contributed by atoms with van der Waals surface area (Å²) in [5.74, 6) is -1.64. The van der Waals surface area contributed by atoms with Crippen LogP contribution in [0.5, 0.6) is 0 Å². The second-order valence-electron chi connectivity index (χ2n) is 7.09. The summed E-state index contributed by atoms with van der Waals surface area (Å²) in [5, 5.41) is 5.23. The summed E-state index contributed by atoms with van der Waals surface area (Å²) >= 11 is 3.26. The fraction of sp³-hybridized carbons (Fsp3) is 0.474. The van der Waals surface area contributed by atoms with E-state index in [2.05, 4.69) is 31.3 Å². The van der Waals surface area contributed by atoms with Gasteiger partial charge >= 0.3 is 6.09 Å². The van der Waals surface area contributed by atoms with Gasteiger partial charge in [-0.1, -0.05) is 29.8 Å². The Balaban J connectivity index is 2.19. The summed E-state index contributed by atoms with van der Waals surface area (Å²) in [7, 11) is 1.22. The van der Waals surface area contributed by atoms with Crippen LogP contribution < -0.4 is 16.4 Å². The maximum Gasteiger partial charge on any atom is 0.407 e. The molecule has 158 valence electrons. The number of amides is 4. The molecule has 1 aliphatic heterocycles. The molecule has 1 saturated heterocycles. The zero-order valence-electron chi connectivity index (χ0n) is 16.5. The van der Waals surface area contributed by atoms with Crippen molar-refractivity contribution in [2.75, 3.05) is 19.0 Å². The van der Waals surface area contributed by atoms with Crippen LogP contribution in [0.2, 0.25) is 0 Å². The molecule has 0 spiro atoms. The standard InChI is InChI=1S/C19H25BrN4O5/c1-10(2)15(23-19(28)29-3)18(27)24-8-4-5-14(24)17(26)22-13-7-6-11(20)9-12(13)16(21)25/h6-7,9-10,14-15H,4-5,8H2,1-3H3,(H2,21,25)(H,22,26)(H,23,28)/t14-,15-/m0/s1. The molecule has 0 aliphatic carbocycles. The molecule has 0 unspecified atom stereocenters. The number of ether oxygens (including phenoxy) is 1. The van der Waals surface area contributed by atoms with Gasteiger partial charge in [-0.25, -0.2) is 4.79 Å². The van der Waals surface area contributed by atoms with Gasteiger partial charge in [-0.15, -0.1) is 0 Å². The molecule has 9 nitrogen and oxygen atoms in total. The Morgan fingerprint density at radius 1 is 1.28 bits per heavy atom. The highest BCUT2D eigenvalue weighted by molar-refractivity contribution is 9.10. The fourth-order valence-corrected chi connectivity index (χ4v) is 3.59. The number of alkyl carbamates (subject to hydrolysis) is 1. The molecular formula is C19H25BrN4O5. The van der Waals surface area contributed by atoms with E-state index in [0.717, 1.165) is 0 Å². The molecule has 0 bridgehead atoms. The first-order valence-electron chi connectivity index (χ1n) is 9.20. The van der Waals surface area contributed by atoms with Crippen LogP contribution in [0.15, 0.2) is 22.7 Å². The SMILES string of the molecule is COC(=O)N[C@H](C(=O)N1CCC[C@H]1C(=O)Nc1ccc(Br)cc1C(N)=O)C(C)C. The molecule has 0 saturated carbocycles. The normalized spacial score (nSPS) is 17.0. The van der Waals surface area contributed by atoms with Gasteiger partial charge in [0.05, 0.1) is 18.4 Å². The van der Waals surface area contributed by atoms with Gasteiger partial charge in [-0.05, 0) is 37.0 Å². The van der Waals surface area contributed by atoms with Gasteiger partial charge in [0.2, 0.25) is 11.8 Å². The first kappa shape index (κ1) is 22.7. The monoisotopic (exact) mass is 468 g/mol. The van der Waals surface area contributed by atoms with E-state index in [1.165, 1.54) is 18.1 Å². The van der Waals surface area contributed by atoms with Crippen LogP contribution in [0, 0.1) is 5.92 Å². The average molecular weight is 469 g/mol. The Labute approximate surface area is 177 Å². The molecule has 1 fully saturated rings. The number of carbonyl (C=O) groups is 4. The first-order chi connectivity index (χ1) is 13.6. The fourth-order valence-electron chi connectivity index (χ4n) is 3.23. The summed E-state index contributed by atoms with van der Waals surface area (Å²) in [6.45, 7) is 3.99. The van der Waals surface area contributed by atoms with Crippen LogP contribution in [-0.4, -0.2) is 54.5 Å². The van der Waals surface area contributed by atoms with Crippen LogP contribution in [0.25, 0.3) is 0 Å². The van der Waals surface area contributed by atoms with Crippen molar-refractivity contribution in [3.8, 4) is 0 Å². The number of hydrogen-bond acceptors (Lipinski definition) is 5. The van der Waals surface area contributed by atoms with E-state index >= 15 is 0 Å². The number of nitrogens with zero attached hydrogens (tertiary/aromatic N) is 1. The first-order valence-corrected chi connectivity index (χ1v) is 10.00. The number of carbonyl (C=O) groups excluding carboxylic acids is 4. The minimum absolute atomic E-state index is 0.163. The van der Waals surface area contributed by atoms with Gasteiger partial charge in [0.1, 0.15) is 12.1 Å². The van der Waals surface area contributed by atoms with Crippen molar-refractivity contribution in [1.29, 1.82) is 0 Å². The minimum Gasteiger partial charge on any atom is -0.453 e. The lowest BCUT2D eigenvalue weighted by Crippen LogP contribution is -2.54. The van der Waals surface area contributed by atoms with E-state index in [1.54, 1.807) is 26.0 Å². The Kier molecular flexibility index (Phi) is 7.60. The minimum atomic E-state index is -0.815. The number of primary amides is 1. The van der Waals surface area contributed by atoms with Gasteiger partial charge in [-0.2, -0.15) is 0 Å². The second-order valence-corrected chi connectivity index (χ2v) is 8.01. The predicted octanol–water partition coefficient (Wildman–Crippen LogP) is 1.86. The molecule has 1 aromatic carbocycles. The highest BCUT2D eigenvalue weighted by Crippen LogP contribution is 2.24. The van der Waals surface area contributed by atoms with Crippen molar-refractivity contribution in [3.63, 3.8) is 0 Å². The average Bonchev–Trinajstić information content (AvgIpc) is 3.16. The Morgan fingerprint density at radius 3 is 2.55 bits per heavy atom. The summed E-state index contributed by atoms with van der Waals surface area (Å²) in [6, 6.07) is 3.23. The largest absolute Gasteiger partial charge is 0.453 e. The number of rotatable bonds is 6. The predicted molar refractivity (Wildman–Crippen MR) is 110 cm³/mol. The van der Waals surface area contributed by atoms with Crippen LogP contribution >= 0.6 is 15.9 Å². The molecule has 4 amide bonds. The molecule has 2 atom stereocenters. The van der Waals surface area contributed by atoms with Crippen molar-refractivity contribution >= 4 is 45.4 Å².